The number of benzene rings is 1. The molecule has 1 aromatic carbocycles. The minimum absolute atomic E-state index is 0.634. The predicted octanol–water partition coefficient (Wildman–Crippen LogP) is 3.56. The standard InChI is InChI=1S/C16H17N3O2S3/c1-11-9-22-15(17-11)8-16-18-14(10-23-16)12-4-6-13(7-5-12)19(2)24(3,20)21/h4-7,9-10H,8H2,1-3H3. The fourth-order valence-corrected chi connectivity index (χ4v) is 4.35. The van der Waals surface area contributed by atoms with Crippen LogP contribution in [0.4, 0.5) is 5.69 Å². The zero-order valence-electron chi connectivity index (χ0n) is 13.6. The first-order valence-corrected chi connectivity index (χ1v) is 10.8. The molecule has 0 radical (unpaired) electrons. The van der Waals surface area contributed by atoms with Crippen molar-refractivity contribution >= 4 is 38.4 Å². The van der Waals surface area contributed by atoms with Crippen LogP contribution in [0.3, 0.4) is 0 Å². The van der Waals surface area contributed by atoms with Crippen LogP contribution in [0.15, 0.2) is 35.0 Å². The molecule has 2 heterocycles. The van der Waals surface area contributed by atoms with Gasteiger partial charge in [0.05, 0.1) is 29.1 Å². The second-order valence-corrected chi connectivity index (χ2v) is 9.36. The SMILES string of the molecule is Cc1csc(Cc2nc(-c3ccc(N(C)S(C)(=O)=O)cc3)cs2)n1. The van der Waals surface area contributed by atoms with Crippen LogP contribution in [0.25, 0.3) is 11.3 Å². The van der Waals surface area contributed by atoms with E-state index >= 15 is 0 Å². The van der Waals surface area contributed by atoms with Crippen molar-refractivity contribution in [3.8, 4) is 11.3 Å². The topological polar surface area (TPSA) is 63.2 Å². The Bertz CT molecular complexity index is 943. The molecular weight excluding hydrogens is 362 g/mol. The largest absolute Gasteiger partial charge is 0.274 e. The highest BCUT2D eigenvalue weighted by atomic mass is 32.2. The molecule has 0 aliphatic heterocycles. The maximum atomic E-state index is 11.6. The summed E-state index contributed by atoms with van der Waals surface area (Å²) in [4.78, 5) is 9.13. The second kappa shape index (κ2) is 6.62. The lowest BCUT2D eigenvalue weighted by atomic mass is 10.1. The predicted molar refractivity (Wildman–Crippen MR) is 100 cm³/mol. The number of rotatable bonds is 5. The van der Waals surface area contributed by atoms with Crippen molar-refractivity contribution < 1.29 is 8.42 Å². The Hall–Kier alpha value is -1.77. The fraction of sp³-hybridized carbons (Fsp3) is 0.250. The van der Waals surface area contributed by atoms with Gasteiger partial charge in [-0.2, -0.15) is 0 Å². The summed E-state index contributed by atoms with van der Waals surface area (Å²) >= 11 is 3.26. The normalized spacial score (nSPS) is 11.6. The van der Waals surface area contributed by atoms with E-state index in [2.05, 4.69) is 9.97 Å². The van der Waals surface area contributed by atoms with Crippen molar-refractivity contribution in [3.05, 3.63) is 50.7 Å². The highest BCUT2D eigenvalue weighted by molar-refractivity contribution is 7.92. The summed E-state index contributed by atoms with van der Waals surface area (Å²) < 4.78 is 24.4. The lowest BCUT2D eigenvalue weighted by Gasteiger charge is -2.16. The fourth-order valence-electron chi connectivity index (χ4n) is 2.17. The van der Waals surface area contributed by atoms with Gasteiger partial charge in [-0.1, -0.05) is 12.1 Å². The molecule has 2 aromatic heterocycles. The van der Waals surface area contributed by atoms with Gasteiger partial charge < -0.3 is 0 Å². The zero-order valence-corrected chi connectivity index (χ0v) is 16.0. The Morgan fingerprint density at radius 3 is 2.25 bits per heavy atom. The summed E-state index contributed by atoms with van der Waals surface area (Å²) in [6.07, 6.45) is 1.94. The molecule has 0 saturated heterocycles. The van der Waals surface area contributed by atoms with Crippen LogP contribution < -0.4 is 4.31 Å². The monoisotopic (exact) mass is 379 g/mol. The van der Waals surface area contributed by atoms with Crippen LogP contribution in [0.5, 0.6) is 0 Å². The number of sulfonamides is 1. The van der Waals surface area contributed by atoms with Crippen molar-refractivity contribution in [3.63, 3.8) is 0 Å². The van der Waals surface area contributed by atoms with Crippen molar-refractivity contribution in [1.82, 2.24) is 9.97 Å². The first-order valence-electron chi connectivity index (χ1n) is 7.22. The summed E-state index contributed by atoms with van der Waals surface area (Å²) in [5.74, 6) is 0. The third-order valence-corrected chi connectivity index (χ3v) is 6.57. The van der Waals surface area contributed by atoms with E-state index in [4.69, 9.17) is 0 Å². The van der Waals surface area contributed by atoms with E-state index in [-0.39, 0.29) is 0 Å². The molecule has 0 fully saturated rings. The van der Waals surface area contributed by atoms with Crippen LogP contribution >= 0.6 is 22.7 Å². The third kappa shape index (κ3) is 3.82. The van der Waals surface area contributed by atoms with E-state index in [1.165, 1.54) is 10.6 Å². The number of anilines is 1. The summed E-state index contributed by atoms with van der Waals surface area (Å²) in [5, 5.41) is 6.15. The van der Waals surface area contributed by atoms with Crippen LogP contribution in [-0.2, 0) is 16.4 Å². The third-order valence-electron chi connectivity index (χ3n) is 3.54. The highest BCUT2D eigenvalue weighted by Crippen LogP contribution is 2.26. The first kappa shape index (κ1) is 17.1. The van der Waals surface area contributed by atoms with Gasteiger partial charge in [0, 0.05) is 29.1 Å². The Labute approximate surface area is 149 Å². The molecule has 0 unspecified atom stereocenters. The summed E-state index contributed by atoms with van der Waals surface area (Å²) in [7, 11) is -1.70. The van der Waals surface area contributed by atoms with Gasteiger partial charge in [-0.25, -0.2) is 18.4 Å². The van der Waals surface area contributed by atoms with Gasteiger partial charge in [0.2, 0.25) is 10.0 Å². The second-order valence-electron chi connectivity index (χ2n) is 5.46. The minimum atomic E-state index is -3.25. The molecule has 8 heteroatoms. The van der Waals surface area contributed by atoms with Crippen LogP contribution in [0.2, 0.25) is 0 Å². The van der Waals surface area contributed by atoms with Crippen LogP contribution in [-0.4, -0.2) is 31.7 Å². The summed E-state index contributed by atoms with van der Waals surface area (Å²) in [5.41, 5.74) is 3.54. The molecule has 126 valence electrons. The summed E-state index contributed by atoms with van der Waals surface area (Å²) in [6.45, 7) is 1.99. The molecule has 0 bridgehead atoms. The average Bonchev–Trinajstić information content (AvgIpc) is 3.15. The lowest BCUT2D eigenvalue weighted by molar-refractivity contribution is 0.600. The molecule has 0 N–H and O–H groups in total. The van der Waals surface area contributed by atoms with Gasteiger partial charge in [0.15, 0.2) is 0 Å². The molecule has 5 nitrogen and oxygen atoms in total. The molecule has 0 aliphatic rings. The summed E-state index contributed by atoms with van der Waals surface area (Å²) in [6, 6.07) is 7.37. The minimum Gasteiger partial charge on any atom is -0.274 e. The van der Waals surface area contributed by atoms with Crippen molar-refractivity contribution in [2.75, 3.05) is 17.6 Å². The number of nitrogens with zero attached hydrogens (tertiary/aromatic N) is 3. The Morgan fingerprint density at radius 1 is 1.04 bits per heavy atom. The molecule has 0 amide bonds. The average molecular weight is 380 g/mol. The number of hydrogen-bond donors (Lipinski definition) is 0. The molecule has 3 aromatic rings. The molecule has 0 saturated carbocycles. The quantitative estimate of drug-likeness (QED) is 0.680. The van der Waals surface area contributed by atoms with E-state index in [1.54, 1.807) is 41.9 Å². The van der Waals surface area contributed by atoms with Gasteiger partial charge in [-0.15, -0.1) is 22.7 Å². The number of hydrogen-bond acceptors (Lipinski definition) is 6. The Balaban J connectivity index is 1.78. The van der Waals surface area contributed by atoms with Gasteiger partial charge in [-0.05, 0) is 19.1 Å². The number of aromatic nitrogens is 2. The molecule has 3 rings (SSSR count). The maximum absolute atomic E-state index is 11.6. The van der Waals surface area contributed by atoms with E-state index in [0.29, 0.717) is 5.69 Å². The smallest absolute Gasteiger partial charge is 0.231 e. The van der Waals surface area contributed by atoms with E-state index < -0.39 is 10.0 Å². The maximum Gasteiger partial charge on any atom is 0.231 e. The Morgan fingerprint density at radius 2 is 1.67 bits per heavy atom. The molecule has 0 spiro atoms. The number of thiazole rings is 2. The molecule has 0 atom stereocenters. The van der Waals surface area contributed by atoms with Gasteiger partial charge in [-0.3, -0.25) is 4.31 Å². The van der Waals surface area contributed by atoms with Crippen LogP contribution in [0, 0.1) is 6.92 Å². The Kier molecular flexibility index (Phi) is 4.71. The van der Waals surface area contributed by atoms with Crippen molar-refractivity contribution in [2.24, 2.45) is 0 Å². The van der Waals surface area contributed by atoms with E-state index in [0.717, 1.165) is 33.4 Å². The van der Waals surface area contributed by atoms with Crippen LogP contribution in [0.1, 0.15) is 15.7 Å². The van der Waals surface area contributed by atoms with Crippen molar-refractivity contribution in [1.29, 1.82) is 0 Å². The molecule has 0 aliphatic carbocycles. The highest BCUT2D eigenvalue weighted by Gasteiger charge is 2.12. The number of aryl methyl sites for hydroxylation is 1. The van der Waals surface area contributed by atoms with E-state index in [1.807, 2.05) is 29.8 Å². The molecular formula is C16H17N3O2S3. The van der Waals surface area contributed by atoms with Gasteiger partial charge in [0.25, 0.3) is 0 Å². The van der Waals surface area contributed by atoms with E-state index in [9.17, 15) is 8.42 Å². The first-order chi connectivity index (χ1) is 11.3. The van der Waals surface area contributed by atoms with Gasteiger partial charge in [0.1, 0.15) is 5.01 Å². The lowest BCUT2D eigenvalue weighted by Crippen LogP contribution is -2.24. The zero-order chi connectivity index (χ0) is 17.3. The van der Waals surface area contributed by atoms with Gasteiger partial charge >= 0.3 is 0 Å². The molecule has 24 heavy (non-hydrogen) atoms. The van der Waals surface area contributed by atoms with Crippen molar-refractivity contribution in [2.45, 2.75) is 13.3 Å².